The Balaban J connectivity index is 1.38. The fourth-order valence-electron chi connectivity index (χ4n) is 4.31. The Kier molecular flexibility index (Phi) is 4.04. The lowest BCUT2D eigenvalue weighted by molar-refractivity contribution is 0.170. The Bertz CT molecular complexity index is 460. The van der Waals surface area contributed by atoms with Crippen molar-refractivity contribution >= 4 is 0 Å². The van der Waals surface area contributed by atoms with Crippen molar-refractivity contribution in [3.8, 4) is 0 Å². The Morgan fingerprint density at radius 3 is 2.76 bits per heavy atom. The van der Waals surface area contributed by atoms with E-state index in [1.165, 1.54) is 69.2 Å². The smallest absolute Gasteiger partial charge is 0.122 e. The summed E-state index contributed by atoms with van der Waals surface area (Å²) in [6.45, 7) is 3.27. The van der Waals surface area contributed by atoms with Crippen LogP contribution in [0.15, 0.2) is 16.7 Å². The Morgan fingerprint density at radius 1 is 1.10 bits per heavy atom. The van der Waals surface area contributed by atoms with Crippen molar-refractivity contribution in [1.29, 1.82) is 0 Å². The number of hydrogen-bond acceptors (Lipinski definition) is 3. The van der Waals surface area contributed by atoms with Crippen molar-refractivity contribution in [1.82, 2.24) is 10.2 Å². The summed E-state index contributed by atoms with van der Waals surface area (Å²) in [6, 6.07) is 3.75. The molecule has 116 valence electrons. The van der Waals surface area contributed by atoms with Crippen LogP contribution >= 0.6 is 0 Å². The Hall–Kier alpha value is -0.800. The van der Waals surface area contributed by atoms with Crippen LogP contribution in [0.25, 0.3) is 0 Å². The van der Waals surface area contributed by atoms with Crippen LogP contribution in [0.4, 0.5) is 0 Å². The molecule has 1 atom stereocenters. The van der Waals surface area contributed by atoms with Gasteiger partial charge in [-0.25, -0.2) is 0 Å². The molecule has 0 radical (unpaired) electrons. The largest absolute Gasteiger partial charge is 0.468 e. The fourth-order valence-corrected chi connectivity index (χ4v) is 4.31. The van der Waals surface area contributed by atoms with Crippen LogP contribution in [0.2, 0.25) is 0 Å². The first-order valence-corrected chi connectivity index (χ1v) is 8.93. The molecule has 0 amide bonds. The number of hydrogen-bond donors (Lipinski definition) is 1. The second-order valence-electron chi connectivity index (χ2n) is 7.25. The molecule has 3 nitrogen and oxygen atoms in total. The lowest BCUT2D eigenvalue weighted by Crippen LogP contribution is -2.34. The van der Waals surface area contributed by atoms with Gasteiger partial charge in [0.05, 0.1) is 12.8 Å². The van der Waals surface area contributed by atoms with Crippen molar-refractivity contribution in [3.63, 3.8) is 0 Å². The third kappa shape index (κ3) is 3.19. The maximum atomic E-state index is 5.81. The molecule has 3 heteroatoms. The fraction of sp³-hybridized carbons (Fsp3) is 0.778. The van der Waals surface area contributed by atoms with Gasteiger partial charge in [-0.05, 0) is 57.1 Å². The number of furan rings is 1. The molecule has 21 heavy (non-hydrogen) atoms. The molecule has 1 N–H and O–H groups in total. The quantitative estimate of drug-likeness (QED) is 0.865. The molecule has 0 aromatic carbocycles. The van der Waals surface area contributed by atoms with E-state index in [1.807, 2.05) is 6.26 Å². The van der Waals surface area contributed by atoms with Gasteiger partial charge in [0, 0.05) is 24.2 Å². The molecular weight excluding hydrogens is 260 g/mol. The minimum absolute atomic E-state index is 0.769. The van der Waals surface area contributed by atoms with Crippen molar-refractivity contribution < 1.29 is 4.42 Å². The lowest BCUT2D eigenvalue weighted by Gasteiger charge is -2.28. The highest BCUT2D eigenvalue weighted by atomic mass is 16.3. The van der Waals surface area contributed by atoms with Crippen molar-refractivity contribution in [3.05, 3.63) is 23.7 Å². The van der Waals surface area contributed by atoms with Gasteiger partial charge in [0.2, 0.25) is 0 Å². The lowest BCUT2D eigenvalue weighted by atomic mass is 9.96. The zero-order valence-corrected chi connectivity index (χ0v) is 13.0. The van der Waals surface area contributed by atoms with Crippen LogP contribution in [0.5, 0.6) is 0 Å². The SMILES string of the molecule is c1cc(CNC2CC2)c(CN2CCCC2C2CCCC2)o1. The molecular formula is C18H28N2O. The number of nitrogens with one attached hydrogen (secondary N) is 1. The van der Waals surface area contributed by atoms with E-state index in [-0.39, 0.29) is 0 Å². The first kappa shape index (κ1) is 13.8. The molecule has 1 aromatic heterocycles. The Labute approximate surface area is 128 Å². The molecule has 0 spiro atoms. The van der Waals surface area contributed by atoms with E-state index >= 15 is 0 Å². The molecule has 2 heterocycles. The van der Waals surface area contributed by atoms with Gasteiger partial charge in [-0.2, -0.15) is 0 Å². The molecule has 1 unspecified atom stereocenters. The van der Waals surface area contributed by atoms with E-state index in [0.717, 1.165) is 31.1 Å². The summed E-state index contributed by atoms with van der Waals surface area (Å²) in [6.07, 6.45) is 13.2. The van der Waals surface area contributed by atoms with Crippen LogP contribution < -0.4 is 5.32 Å². The van der Waals surface area contributed by atoms with Gasteiger partial charge in [0.1, 0.15) is 5.76 Å². The second kappa shape index (κ2) is 6.13. The van der Waals surface area contributed by atoms with E-state index in [0.29, 0.717) is 0 Å². The topological polar surface area (TPSA) is 28.4 Å². The van der Waals surface area contributed by atoms with Crippen LogP contribution in [0.3, 0.4) is 0 Å². The van der Waals surface area contributed by atoms with Gasteiger partial charge in [-0.1, -0.05) is 12.8 Å². The van der Waals surface area contributed by atoms with Gasteiger partial charge in [-0.15, -0.1) is 0 Å². The summed E-state index contributed by atoms with van der Waals surface area (Å²) < 4.78 is 5.81. The highest BCUT2D eigenvalue weighted by Gasteiger charge is 2.33. The molecule has 4 rings (SSSR count). The first-order valence-electron chi connectivity index (χ1n) is 8.93. The third-order valence-corrected chi connectivity index (χ3v) is 5.70. The minimum atomic E-state index is 0.769. The normalized spacial score (nSPS) is 27.7. The maximum absolute atomic E-state index is 5.81. The molecule has 3 fully saturated rings. The standard InChI is InChI=1S/C18H28N2O/c1-2-5-14(4-1)17-6-3-10-20(17)13-18-15(9-11-21-18)12-19-16-7-8-16/h9,11,14,16-17,19H,1-8,10,12-13H2. The van der Waals surface area contributed by atoms with E-state index in [9.17, 15) is 0 Å². The summed E-state index contributed by atoms with van der Waals surface area (Å²) in [7, 11) is 0. The van der Waals surface area contributed by atoms with Crippen molar-refractivity contribution in [2.75, 3.05) is 6.54 Å². The van der Waals surface area contributed by atoms with Crippen molar-refractivity contribution in [2.45, 2.75) is 76.5 Å². The molecule has 0 bridgehead atoms. The first-order chi connectivity index (χ1) is 10.4. The molecule has 1 aromatic rings. The van der Waals surface area contributed by atoms with Gasteiger partial charge in [0.15, 0.2) is 0 Å². The van der Waals surface area contributed by atoms with Gasteiger partial charge < -0.3 is 9.73 Å². The molecule has 3 aliphatic rings. The van der Waals surface area contributed by atoms with Crippen LogP contribution in [-0.2, 0) is 13.1 Å². The minimum Gasteiger partial charge on any atom is -0.468 e. The van der Waals surface area contributed by atoms with Crippen LogP contribution in [0, 0.1) is 5.92 Å². The van der Waals surface area contributed by atoms with E-state index < -0.39 is 0 Å². The predicted octanol–water partition coefficient (Wildman–Crippen LogP) is 3.69. The zero-order valence-electron chi connectivity index (χ0n) is 13.0. The molecule has 1 aliphatic heterocycles. The third-order valence-electron chi connectivity index (χ3n) is 5.70. The predicted molar refractivity (Wildman–Crippen MR) is 84.0 cm³/mol. The monoisotopic (exact) mass is 288 g/mol. The number of likely N-dealkylation sites (tertiary alicyclic amines) is 1. The highest BCUT2D eigenvalue weighted by Crippen LogP contribution is 2.36. The number of rotatable bonds is 6. The summed E-state index contributed by atoms with van der Waals surface area (Å²) in [5, 5.41) is 3.61. The van der Waals surface area contributed by atoms with Crippen LogP contribution in [0.1, 0.15) is 62.7 Å². The zero-order chi connectivity index (χ0) is 14.1. The maximum Gasteiger partial charge on any atom is 0.122 e. The molecule has 2 aliphatic carbocycles. The summed E-state index contributed by atoms with van der Waals surface area (Å²) in [5.41, 5.74) is 1.37. The average Bonchev–Trinajstić information content (AvgIpc) is 2.93. The van der Waals surface area contributed by atoms with E-state index in [4.69, 9.17) is 4.42 Å². The Morgan fingerprint density at radius 2 is 1.95 bits per heavy atom. The van der Waals surface area contributed by atoms with Crippen LogP contribution in [-0.4, -0.2) is 23.5 Å². The van der Waals surface area contributed by atoms with Gasteiger partial charge in [-0.3, -0.25) is 4.90 Å². The number of nitrogens with zero attached hydrogens (tertiary/aromatic N) is 1. The average molecular weight is 288 g/mol. The van der Waals surface area contributed by atoms with Gasteiger partial charge in [0.25, 0.3) is 0 Å². The highest BCUT2D eigenvalue weighted by molar-refractivity contribution is 5.17. The second-order valence-corrected chi connectivity index (χ2v) is 7.25. The van der Waals surface area contributed by atoms with E-state index in [2.05, 4.69) is 16.3 Å². The van der Waals surface area contributed by atoms with Crippen molar-refractivity contribution in [2.24, 2.45) is 5.92 Å². The molecule has 1 saturated heterocycles. The molecule has 2 saturated carbocycles. The van der Waals surface area contributed by atoms with E-state index in [1.54, 1.807) is 0 Å². The summed E-state index contributed by atoms with van der Waals surface area (Å²) in [5.74, 6) is 2.16. The summed E-state index contributed by atoms with van der Waals surface area (Å²) >= 11 is 0. The van der Waals surface area contributed by atoms with Gasteiger partial charge >= 0.3 is 0 Å². The summed E-state index contributed by atoms with van der Waals surface area (Å²) in [4.78, 5) is 2.70.